The third-order valence-electron chi connectivity index (χ3n) is 2.71. The lowest BCUT2D eigenvalue weighted by atomic mass is 10.2. The number of nitrogens with one attached hydrogen (secondary N) is 1. The van der Waals surface area contributed by atoms with E-state index in [2.05, 4.69) is 31.3 Å². The zero-order chi connectivity index (χ0) is 13.2. The molecular formula is C13H10BrClN4. The largest absolute Gasteiger partial charge is 0.349 e. The first-order valence-corrected chi connectivity index (χ1v) is 6.89. The Hall–Kier alpha value is -1.59. The van der Waals surface area contributed by atoms with Crippen molar-refractivity contribution in [2.24, 2.45) is 0 Å². The van der Waals surface area contributed by atoms with Crippen molar-refractivity contribution in [3.05, 3.63) is 57.7 Å². The normalized spacial score (nSPS) is 10.8. The molecule has 3 aromatic rings. The molecule has 0 amide bonds. The van der Waals surface area contributed by atoms with E-state index >= 15 is 0 Å². The van der Waals surface area contributed by atoms with E-state index in [9.17, 15) is 0 Å². The molecule has 6 heteroatoms. The monoisotopic (exact) mass is 336 g/mol. The number of hydrogen-bond acceptors (Lipinski definition) is 3. The summed E-state index contributed by atoms with van der Waals surface area (Å²) in [7, 11) is 0. The van der Waals surface area contributed by atoms with Crippen LogP contribution in [-0.2, 0) is 6.54 Å². The van der Waals surface area contributed by atoms with Gasteiger partial charge in [0.15, 0.2) is 5.65 Å². The highest BCUT2D eigenvalue weighted by molar-refractivity contribution is 9.10. The number of benzene rings is 1. The first kappa shape index (κ1) is 12.4. The number of fused-ring (bicyclic) bond motifs is 1. The standard InChI is InChI=1S/C13H10BrClN4/c14-10-5-3-7-19-12(10)17-13(18-19)16-8-9-4-1-2-6-11(9)15/h1-7H,8H2,(H,16,18). The summed E-state index contributed by atoms with van der Waals surface area (Å²) >= 11 is 9.55. The van der Waals surface area contributed by atoms with Gasteiger partial charge in [-0.05, 0) is 39.7 Å². The van der Waals surface area contributed by atoms with E-state index in [4.69, 9.17) is 11.6 Å². The van der Waals surface area contributed by atoms with Gasteiger partial charge in [-0.25, -0.2) is 4.52 Å². The van der Waals surface area contributed by atoms with Gasteiger partial charge in [-0.2, -0.15) is 4.98 Å². The second-order valence-corrected chi connectivity index (χ2v) is 5.27. The molecule has 0 unspecified atom stereocenters. The van der Waals surface area contributed by atoms with E-state index < -0.39 is 0 Å². The lowest BCUT2D eigenvalue weighted by Crippen LogP contribution is -2.01. The minimum atomic E-state index is 0.576. The van der Waals surface area contributed by atoms with E-state index in [1.54, 1.807) is 4.52 Å². The van der Waals surface area contributed by atoms with Crippen LogP contribution < -0.4 is 5.32 Å². The molecular weight excluding hydrogens is 328 g/mol. The number of hydrogen-bond donors (Lipinski definition) is 1. The maximum atomic E-state index is 6.10. The van der Waals surface area contributed by atoms with Gasteiger partial charge in [-0.15, -0.1) is 5.10 Å². The summed E-state index contributed by atoms with van der Waals surface area (Å²) in [6.45, 7) is 0.591. The number of halogens is 2. The van der Waals surface area contributed by atoms with Crippen molar-refractivity contribution in [2.45, 2.75) is 6.54 Å². The van der Waals surface area contributed by atoms with Crippen molar-refractivity contribution in [3.63, 3.8) is 0 Å². The lowest BCUT2D eigenvalue weighted by Gasteiger charge is -2.03. The molecule has 2 heterocycles. The molecule has 0 aliphatic heterocycles. The van der Waals surface area contributed by atoms with Gasteiger partial charge in [0.25, 0.3) is 0 Å². The second-order valence-electron chi connectivity index (χ2n) is 4.00. The highest BCUT2D eigenvalue weighted by Crippen LogP contribution is 2.18. The Kier molecular flexibility index (Phi) is 3.40. The molecule has 3 rings (SSSR count). The average Bonchev–Trinajstić information content (AvgIpc) is 2.82. The smallest absolute Gasteiger partial charge is 0.243 e. The summed E-state index contributed by atoms with van der Waals surface area (Å²) in [6, 6.07) is 11.5. The van der Waals surface area contributed by atoms with Gasteiger partial charge in [-0.1, -0.05) is 29.8 Å². The molecule has 4 nitrogen and oxygen atoms in total. The Morgan fingerprint density at radius 1 is 1.21 bits per heavy atom. The molecule has 1 N–H and O–H groups in total. The van der Waals surface area contributed by atoms with E-state index in [0.717, 1.165) is 20.7 Å². The third kappa shape index (κ3) is 2.57. The summed E-state index contributed by atoms with van der Waals surface area (Å²) in [4.78, 5) is 4.41. The van der Waals surface area contributed by atoms with Crippen molar-refractivity contribution in [1.82, 2.24) is 14.6 Å². The summed E-state index contributed by atoms with van der Waals surface area (Å²) in [5.74, 6) is 0.576. The maximum Gasteiger partial charge on any atom is 0.243 e. The van der Waals surface area contributed by atoms with Gasteiger partial charge in [-0.3, -0.25) is 0 Å². The van der Waals surface area contributed by atoms with Crippen molar-refractivity contribution in [1.29, 1.82) is 0 Å². The number of rotatable bonds is 3. The molecule has 0 atom stereocenters. The molecule has 2 aromatic heterocycles. The Morgan fingerprint density at radius 3 is 2.84 bits per heavy atom. The van der Waals surface area contributed by atoms with Crippen molar-refractivity contribution < 1.29 is 0 Å². The van der Waals surface area contributed by atoms with Crippen LogP contribution in [0.3, 0.4) is 0 Å². The number of nitrogens with zero attached hydrogens (tertiary/aromatic N) is 3. The Balaban J connectivity index is 1.83. The summed E-state index contributed by atoms with van der Waals surface area (Å²) in [5.41, 5.74) is 1.80. The lowest BCUT2D eigenvalue weighted by molar-refractivity contribution is 0.948. The predicted molar refractivity (Wildman–Crippen MR) is 79.5 cm³/mol. The van der Waals surface area contributed by atoms with Crippen molar-refractivity contribution >= 4 is 39.1 Å². The van der Waals surface area contributed by atoms with Gasteiger partial charge in [0.1, 0.15) is 0 Å². The third-order valence-corrected chi connectivity index (χ3v) is 3.70. The molecule has 0 saturated carbocycles. The number of anilines is 1. The summed E-state index contributed by atoms with van der Waals surface area (Å²) < 4.78 is 2.63. The number of pyridine rings is 1. The Morgan fingerprint density at radius 2 is 2.05 bits per heavy atom. The topological polar surface area (TPSA) is 42.2 Å². The average molecular weight is 338 g/mol. The van der Waals surface area contributed by atoms with E-state index in [0.29, 0.717) is 12.5 Å². The quantitative estimate of drug-likeness (QED) is 0.791. The van der Waals surface area contributed by atoms with Crippen molar-refractivity contribution in [2.75, 3.05) is 5.32 Å². The van der Waals surface area contributed by atoms with Gasteiger partial charge in [0, 0.05) is 17.8 Å². The van der Waals surface area contributed by atoms with E-state index in [-0.39, 0.29) is 0 Å². The Labute approximate surface area is 123 Å². The van der Waals surface area contributed by atoms with Crippen LogP contribution in [0.15, 0.2) is 47.1 Å². The Bertz CT molecular complexity index is 725. The van der Waals surface area contributed by atoms with E-state index in [1.165, 1.54) is 0 Å². The molecule has 0 bridgehead atoms. The minimum Gasteiger partial charge on any atom is -0.349 e. The fourth-order valence-corrected chi connectivity index (χ4v) is 2.39. The van der Waals surface area contributed by atoms with Crippen molar-refractivity contribution in [3.8, 4) is 0 Å². The predicted octanol–water partition coefficient (Wildman–Crippen LogP) is 3.76. The first-order chi connectivity index (χ1) is 9.24. The molecule has 1 aromatic carbocycles. The van der Waals surface area contributed by atoms with Gasteiger partial charge >= 0.3 is 0 Å². The molecule has 0 saturated heterocycles. The van der Waals surface area contributed by atoms with Crippen LogP contribution in [-0.4, -0.2) is 14.6 Å². The first-order valence-electron chi connectivity index (χ1n) is 5.72. The molecule has 19 heavy (non-hydrogen) atoms. The molecule has 96 valence electrons. The van der Waals surface area contributed by atoms with Gasteiger partial charge in [0.05, 0.1) is 4.47 Å². The zero-order valence-corrected chi connectivity index (χ0v) is 12.2. The summed E-state index contributed by atoms with van der Waals surface area (Å²) in [6.07, 6.45) is 1.85. The van der Waals surface area contributed by atoms with Crippen LogP contribution >= 0.6 is 27.5 Å². The maximum absolute atomic E-state index is 6.10. The van der Waals surface area contributed by atoms with Crippen LogP contribution in [0.5, 0.6) is 0 Å². The fraction of sp³-hybridized carbons (Fsp3) is 0.0769. The second kappa shape index (κ2) is 5.19. The summed E-state index contributed by atoms with van der Waals surface area (Å²) in [5, 5.41) is 8.25. The SMILES string of the molecule is Clc1ccccc1CNc1nc2c(Br)cccn2n1. The van der Waals surface area contributed by atoms with Gasteiger partial charge < -0.3 is 5.32 Å². The van der Waals surface area contributed by atoms with Crippen LogP contribution in [0.1, 0.15) is 5.56 Å². The fourth-order valence-electron chi connectivity index (χ4n) is 1.76. The molecule has 0 aliphatic rings. The minimum absolute atomic E-state index is 0.576. The van der Waals surface area contributed by atoms with Crippen LogP contribution in [0, 0.1) is 0 Å². The van der Waals surface area contributed by atoms with E-state index in [1.807, 2.05) is 42.6 Å². The molecule has 0 spiro atoms. The van der Waals surface area contributed by atoms with Crippen LogP contribution in [0.4, 0.5) is 5.95 Å². The van der Waals surface area contributed by atoms with Gasteiger partial charge in [0.2, 0.25) is 5.95 Å². The number of aromatic nitrogens is 3. The highest BCUT2D eigenvalue weighted by atomic mass is 79.9. The molecule has 0 fully saturated rings. The molecule has 0 aliphatic carbocycles. The van der Waals surface area contributed by atoms with Crippen LogP contribution in [0.2, 0.25) is 5.02 Å². The highest BCUT2D eigenvalue weighted by Gasteiger charge is 2.06. The molecule has 0 radical (unpaired) electrons. The zero-order valence-electron chi connectivity index (χ0n) is 9.85. The van der Waals surface area contributed by atoms with Crippen LogP contribution in [0.25, 0.3) is 5.65 Å².